The van der Waals surface area contributed by atoms with Crippen LogP contribution in [0.4, 0.5) is 0 Å². The summed E-state index contributed by atoms with van der Waals surface area (Å²) >= 11 is 0. The van der Waals surface area contributed by atoms with Gasteiger partial charge in [-0.15, -0.1) is 0 Å². The van der Waals surface area contributed by atoms with Crippen LogP contribution in [0.3, 0.4) is 0 Å². The van der Waals surface area contributed by atoms with E-state index in [0.717, 1.165) is 12.3 Å². The lowest BCUT2D eigenvalue weighted by atomic mass is 10.1. The fourth-order valence-electron chi connectivity index (χ4n) is 1.66. The molecule has 1 amide bonds. The molecular formula is C11H22N2O. The van der Waals surface area contributed by atoms with Crippen molar-refractivity contribution in [1.29, 1.82) is 0 Å². The molecule has 0 aliphatic heterocycles. The minimum absolute atomic E-state index is 0.167. The Kier molecular flexibility index (Phi) is 4.39. The molecule has 0 aromatic heterocycles. The second-order valence-electron chi connectivity index (χ2n) is 4.59. The number of rotatable bonds is 6. The lowest BCUT2D eigenvalue weighted by Crippen LogP contribution is -2.37. The Labute approximate surface area is 86.6 Å². The lowest BCUT2D eigenvalue weighted by molar-refractivity contribution is -0.122. The maximum absolute atomic E-state index is 11.5. The van der Waals surface area contributed by atoms with Crippen molar-refractivity contribution in [3.63, 3.8) is 0 Å². The summed E-state index contributed by atoms with van der Waals surface area (Å²) in [4.78, 5) is 11.5. The number of carbonyl (C=O) groups is 1. The average Bonchev–Trinajstić information content (AvgIpc) is 2.85. The van der Waals surface area contributed by atoms with Crippen LogP contribution in [-0.4, -0.2) is 25.0 Å². The first-order chi connectivity index (χ1) is 6.61. The highest BCUT2D eigenvalue weighted by molar-refractivity contribution is 5.76. The predicted molar refractivity (Wildman–Crippen MR) is 58.1 cm³/mol. The quantitative estimate of drug-likeness (QED) is 0.675. The van der Waals surface area contributed by atoms with E-state index in [1.165, 1.54) is 12.8 Å². The van der Waals surface area contributed by atoms with E-state index in [9.17, 15) is 4.79 Å². The molecule has 0 heterocycles. The average molecular weight is 198 g/mol. The smallest absolute Gasteiger partial charge is 0.221 e. The lowest BCUT2D eigenvalue weighted by Gasteiger charge is -2.16. The van der Waals surface area contributed by atoms with E-state index in [2.05, 4.69) is 10.6 Å². The molecule has 14 heavy (non-hydrogen) atoms. The summed E-state index contributed by atoms with van der Waals surface area (Å²) in [5, 5.41) is 6.14. The van der Waals surface area contributed by atoms with Gasteiger partial charge in [-0.05, 0) is 33.2 Å². The van der Waals surface area contributed by atoms with Gasteiger partial charge in [0.05, 0.1) is 0 Å². The van der Waals surface area contributed by atoms with Crippen LogP contribution in [0.15, 0.2) is 0 Å². The van der Waals surface area contributed by atoms with Crippen molar-refractivity contribution >= 4 is 5.91 Å². The minimum atomic E-state index is 0.167. The summed E-state index contributed by atoms with van der Waals surface area (Å²) in [5.74, 6) is 1.04. The first-order valence-electron chi connectivity index (χ1n) is 5.58. The molecule has 1 aliphatic carbocycles. The van der Waals surface area contributed by atoms with Crippen molar-refractivity contribution in [2.24, 2.45) is 5.92 Å². The summed E-state index contributed by atoms with van der Waals surface area (Å²) in [6.07, 6.45) is 4.47. The highest BCUT2D eigenvalue weighted by Crippen LogP contribution is 2.33. The van der Waals surface area contributed by atoms with E-state index in [4.69, 9.17) is 0 Å². The Bertz CT molecular complexity index is 188. The topological polar surface area (TPSA) is 41.1 Å². The molecule has 0 aromatic rings. The van der Waals surface area contributed by atoms with Crippen LogP contribution in [-0.2, 0) is 4.79 Å². The third-order valence-corrected chi connectivity index (χ3v) is 2.60. The van der Waals surface area contributed by atoms with Gasteiger partial charge in [0.2, 0.25) is 5.91 Å². The van der Waals surface area contributed by atoms with Gasteiger partial charge in [-0.25, -0.2) is 0 Å². The summed E-state index contributed by atoms with van der Waals surface area (Å²) in [5.41, 5.74) is 0. The van der Waals surface area contributed by atoms with Gasteiger partial charge in [-0.2, -0.15) is 0 Å². The van der Waals surface area contributed by atoms with Gasteiger partial charge in [0, 0.05) is 18.5 Å². The second kappa shape index (κ2) is 5.35. The molecule has 0 aromatic carbocycles. The Morgan fingerprint density at radius 2 is 2.07 bits per heavy atom. The molecule has 1 unspecified atom stereocenters. The highest BCUT2D eigenvalue weighted by atomic mass is 16.1. The Hall–Kier alpha value is -0.570. The SMILES string of the molecule is CNC(CC(=O)NC(C)C)CC1CC1. The fourth-order valence-corrected chi connectivity index (χ4v) is 1.66. The fraction of sp³-hybridized carbons (Fsp3) is 0.909. The molecule has 3 nitrogen and oxygen atoms in total. The van der Waals surface area contributed by atoms with E-state index < -0.39 is 0 Å². The molecule has 1 fully saturated rings. The Balaban J connectivity index is 2.20. The van der Waals surface area contributed by atoms with Crippen LogP contribution in [0.2, 0.25) is 0 Å². The zero-order valence-corrected chi connectivity index (χ0v) is 9.47. The summed E-state index contributed by atoms with van der Waals surface area (Å²) in [6, 6.07) is 0.613. The predicted octanol–water partition coefficient (Wildman–Crippen LogP) is 1.29. The standard InChI is InChI=1S/C11H22N2O/c1-8(2)13-11(14)7-10(12-3)6-9-4-5-9/h8-10,12H,4-7H2,1-3H3,(H,13,14). The van der Waals surface area contributed by atoms with Gasteiger partial charge in [0.25, 0.3) is 0 Å². The van der Waals surface area contributed by atoms with Gasteiger partial charge >= 0.3 is 0 Å². The zero-order valence-electron chi connectivity index (χ0n) is 9.47. The van der Waals surface area contributed by atoms with E-state index in [1.807, 2.05) is 20.9 Å². The third kappa shape index (κ3) is 4.61. The Morgan fingerprint density at radius 3 is 2.50 bits per heavy atom. The van der Waals surface area contributed by atoms with Crippen molar-refractivity contribution in [1.82, 2.24) is 10.6 Å². The Morgan fingerprint density at radius 1 is 1.43 bits per heavy atom. The largest absolute Gasteiger partial charge is 0.354 e. The summed E-state index contributed by atoms with van der Waals surface area (Å²) in [6.45, 7) is 3.99. The first kappa shape index (κ1) is 11.5. The van der Waals surface area contributed by atoms with Crippen LogP contribution in [0.1, 0.15) is 39.5 Å². The van der Waals surface area contributed by atoms with Crippen LogP contribution < -0.4 is 10.6 Å². The van der Waals surface area contributed by atoms with Crippen molar-refractivity contribution in [2.75, 3.05) is 7.05 Å². The normalized spacial score (nSPS) is 18.3. The molecule has 1 saturated carbocycles. The summed E-state index contributed by atoms with van der Waals surface area (Å²) < 4.78 is 0. The minimum Gasteiger partial charge on any atom is -0.354 e. The maximum Gasteiger partial charge on any atom is 0.221 e. The molecular weight excluding hydrogens is 176 g/mol. The van der Waals surface area contributed by atoms with Crippen LogP contribution >= 0.6 is 0 Å². The number of hydrogen-bond donors (Lipinski definition) is 2. The molecule has 1 atom stereocenters. The highest BCUT2D eigenvalue weighted by Gasteiger charge is 2.25. The van der Waals surface area contributed by atoms with Crippen LogP contribution in [0.5, 0.6) is 0 Å². The maximum atomic E-state index is 11.5. The molecule has 2 N–H and O–H groups in total. The number of nitrogens with one attached hydrogen (secondary N) is 2. The molecule has 0 bridgehead atoms. The number of carbonyl (C=O) groups excluding carboxylic acids is 1. The molecule has 1 rings (SSSR count). The van der Waals surface area contributed by atoms with Gasteiger partial charge in [0.15, 0.2) is 0 Å². The molecule has 0 radical (unpaired) electrons. The van der Waals surface area contributed by atoms with E-state index in [0.29, 0.717) is 12.5 Å². The van der Waals surface area contributed by atoms with Crippen LogP contribution in [0.25, 0.3) is 0 Å². The number of amides is 1. The van der Waals surface area contributed by atoms with Gasteiger partial charge in [-0.1, -0.05) is 12.8 Å². The second-order valence-corrected chi connectivity index (χ2v) is 4.59. The molecule has 0 saturated heterocycles. The van der Waals surface area contributed by atoms with Gasteiger partial charge < -0.3 is 10.6 Å². The monoisotopic (exact) mass is 198 g/mol. The third-order valence-electron chi connectivity index (χ3n) is 2.60. The van der Waals surface area contributed by atoms with Gasteiger partial charge in [-0.3, -0.25) is 4.79 Å². The van der Waals surface area contributed by atoms with E-state index in [-0.39, 0.29) is 11.9 Å². The molecule has 0 spiro atoms. The van der Waals surface area contributed by atoms with E-state index in [1.54, 1.807) is 0 Å². The molecule has 82 valence electrons. The molecule has 3 heteroatoms. The summed E-state index contributed by atoms with van der Waals surface area (Å²) in [7, 11) is 1.94. The van der Waals surface area contributed by atoms with Gasteiger partial charge in [0.1, 0.15) is 0 Å². The number of hydrogen-bond acceptors (Lipinski definition) is 2. The van der Waals surface area contributed by atoms with Crippen LogP contribution in [0, 0.1) is 5.92 Å². The van der Waals surface area contributed by atoms with E-state index >= 15 is 0 Å². The van der Waals surface area contributed by atoms with Crippen molar-refractivity contribution in [3.8, 4) is 0 Å². The molecule has 1 aliphatic rings. The van der Waals surface area contributed by atoms with Crippen molar-refractivity contribution in [2.45, 2.75) is 51.6 Å². The zero-order chi connectivity index (χ0) is 10.6. The first-order valence-corrected chi connectivity index (χ1v) is 5.58. The van der Waals surface area contributed by atoms with Crippen molar-refractivity contribution in [3.05, 3.63) is 0 Å². The van der Waals surface area contributed by atoms with Crippen molar-refractivity contribution < 1.29 is 4.79 Å².